The molecule has 3 heteroatoms. The molecule has 1 aliphatic heterocycles. The van der Waals surface area contributed by atoms with Crippen molar-refractivity contribution in [1.82, 2.24) is 14.8 Å². The number of aromatic nitrogens is 1. The SMILES string of the molecule is CNC1CCN(Cc2c(C)c3ccccc3n2C)C1. The second-order valence-corrected chi connectivity index (χ2v) is 5.66. The lowest BCUT2D eigenvalue weighted by molar-refractivity contribution is 0.315. The van der Waals surface area contributed by atoms with Crippen LogP contribution in [0.15, 0.2) is 24.3 Å². The van der Waals surface area contributed by atoms with Crippen LogP contribution in [-0.4, -0.2) is 35.6 Å². The number of para-hydroxylation sites is 1. The first-order valence-electron chi connectivity index (χ1n) is 7.13. The molecule has 102 valence electrons. The van der Waals surface area contributed by atoms with E-state index < -0.39 is 0 Å². The van der Waals surface area contributed by atoms with Crippen LogP contribution in [0.1, 0.15) is 17.7 Å². The number of fused-ring (bicyclic) bond motifs is 1. The molecule has 1 aliphatic rings. The number of nitrogens with zero attached hydrogens (tertiary/aromatic N) is 2. The fraction of sp³-hybridized carbons (Fsp3) is 0.500. The zero-order valence-electron chi connectivity index (χ0n) is 12.1. The van der Waals surface area contributed by atoms with Crippen molar-refractivity contribution in [3.63, 3.8) is 0 Å². The average molecular weight is 257 g/mol. The van der Waals surface area contributed by atoms with Crippen LogP contribution in [0, 0.1) is 6.92 Å². The molecule has 3 rings (SSSR count). The number of rotatable bonds is 3. The van der Waals surface area contributed by atoms with Gasteiger partial charge in [0.25, 0.3) is 0 Å². The van der Waals surface area contributed by atoms with Gasteiger partial charge in [0.15, 0.2) is 0 Å². The van der Waals surface area contributed by atoms with E-state index in [9.17, 15) is 0 Å². The highest BCUT2D eigenvalue weighted by Gasteiger charge is 2.22. The van der Waals surface area contributed by atoms with E-state index >= 15 is 0 Å². The summed E-state index contributed by atoms with van der Waals surface area (Å²) >= 11 is 0. The number of hydrogen-bond acceptors (Lipinski definition) is 2. The highest BCUT2D eigenvalue weighted by molar-refractivity contribution is 5.85. The van der Waals surface area contributed by atoms with Gasteiger partial charge in [0.1, 0.15) is 0 Å². The van der Waals surface area contributed by atoms with E-state index in [1.54, 1.807) is 0 Å². The Balaban J connectivity index is 1.89. The van der Waals surface area contributed by atoms with Crippen LogP contribution in [0.2, 0.25) is 0 Å². The van der Waals surface area contributed by atoms with Crippen LogP contribution in [-0.2, 0) is 13.6 Å². The largest absolute Gasteiger partial charge is 0.346 e. The lowest BCUT2D eigenvalue weighted by Crippen LogP contribution is -2.29. The second-order valence-electron chi connectivity index (χ2n) is 5.66. The Kier molecular flexibility index (Phi) is 3.33. The normalized spacial score (nSPS) is 20.5. The Bertz CT molecular complexity index is 546. The van der Waals surface area contributed by atoms with Gasteiger partial charge < -0.3 is 9.88 Å². The number of hydrogen-bond donors (Lipinski definition) is 1. The molecule has 1 unspecified atom stereocenters. The van der Waals surface area contributed by atoms with Crippen molar-refractivity contribution in [1.29, 1.82) is 0 Å². The fourth-order valence-corrected chi connectivity index (χ4v) is 3.28. The molecular weight excluding hydrogens is 234 g/mol. The van der Waals surface area contributed by atoms with Gasteiger partial charge in [-0.25, -0.2) is 0 Å². The first kappa shape index (κ1) is 12.7. The zero-order chi connectivity index (χ0) is 13.4. The lowest BCUT2D eigenvalue weighted by Gasteiger charge is -2.17. The molecule has 2 aromatic rings. The predicted octanol–water partition coefficient (Wildman–Crippen LogP) is 2.28. The van der Waals surface area contributed by atoms with E-state index in [1.807, 2.05) is 0 Å². The molecule has 1 atom stereocenters. The number of likely N-dealkylation sites (N-methyl/N-ethyl adjacent to an activating group) is 1. The Hall–Kier alpha value is -1.32. The summed E-state index contributed by atoms with van der Waals surface area (Å²) in [6.45, 7) is 5.68. The number of likely N-dealkylation sites (tertiary alicyclic amines) is 1. The summed E-state index contributed by atoms with van der Waals surface area (Å²) < 4.78 is 2.36. The third kappa shape index (κ3) is 2.17. The van der Waals surface area contributed by atoms with Crippen LogP contribution in [0.25, 0.3) is 10.9 Å². The van der Waals surface area contributed by atoms with Gasteiger partial charge in [-0.05, 0) is 32.0 Å². The van der Waals surface area contributed by atoms with Crippen molar-refractivity contribution in [2.75, 3.05) is 20.1 Å². The molecule has 1 aromatic heterocycles. The third-order valence-corrected chi connectivity index (χ3v) is 4.56. The Labute approximate surface area is 115 Å². The number of benzene rings is 1. The molecule has 0 amide bonds. The van der Waals surface area contributed by atoms with Gasteiger partial charge in [-0.3, -0.25) is 4.90 Å². The van der Waals surface area contributed by atoms with E-state index in [-0.39, 0.29) is 0 Å². The van der Waals surface area contributed by atoms with Gasteiger partial charge in [-0.2, -0.15) is 0 Å². The van der Waals surface area contributed by atoms with Crippen LogP contribution < -0.4 is 5.32 Å². The molecule has 1 fully saturated rings. The van der Waals surface area contributed by atoms with Crippen LogP contribution in [0.5, 0.6) is 0 Å². The highest BCUT2D eigenvalue weighted by Crippen LogP contribution is 2.26. The quantitative estimate of drug-likeness (QED) is 0.910. The van der Waals surface area contributed by atoms with Crippen LogP contribution in [0.3, 0.4) is 0 Å². The molecule has 3 nitrogen and oxygen atoms in total. The lowest BCUT2D eigenvalue weighted by atomic mass is 10.1. The summed E-state index contributed by atoms with van der Waals surface area (Å²) in [6, 6.07) is 9.36. The van der Waals surface area contributed by atoms with Crippen molar-refractivity contribution in [2.24, 2.45) is 7.05 Å². The maximum Gasteiger partial charge on any atom is 0.0483 e. The number of aryl methyl sites for hydroxylation is 2. The van der Waals surface area contributed by atoms with Crippen LogP contribution >= 0.6 is 0 Å². The average Bonchev–Trinajstić information content (AvgIpc) is 2.99. The fourth-order valence-electron chi connectivity index (χ4n) is 3.28. The van der Waals surface area contributed by atoms with E-state index in [0.717, 1.165) is 13.1 Å². The summed E-state index contributed by atoms with van der Waals surface area (Å²) in [5, 5.41) is 4.78. The third-order valence-electron chi connectivity index (χ3n) is 4.56. The molecule has 2 heterocycles. The van der Waals surface area contributed by atoms with E-state index in [1.165, 1.54) is 35.1 Å². The van der Waals surface area contributed by atoms with Gasteiger partial charge in [0.05, 0.1) is 0 Å². The summed E-state index contributed by atoms with van der Waals surface area (Å²) in [6.07, 6.45) is 1.26. The molecule has 1 N–H and O–H groups in total. The zero-order valence-corrected chi connectivity index (χ0v) is 12.1. The van der Waals surface area contributed by atoms with Crippen LogP contribution in [0.4, 0.5) is 0 Å². The molecule has 0 aliphatic carbocycles. The highest BCUT2D eigenvalue weighted by atomic mass is 15.2. The summed E-state index contributed by atoms with van der Waals surface area (Å²) in [5.74, 6) is 0. The minimum atomic E-state index is 0.662. The van der Waals surface area contributed by atoms with Gasteiger partial charge in [0.2, 0.25) is 0 Å². The minimum absolute atomic E-state index is 0.662. The topological polar surface area (TPSA) is 20.2 Å². The van der Waals surface area contributed by atoms with E-state index in [4.69, 9.17) is 0 Å². The molecule has 0 spiro atoms. The Morgan fingerprint density at radius 3 is 2.79 bits per heavy atom. The summed E-state index contributed by atoms with van der Waals surface area (Å²) in [7, 11) is 4.26. The van der Waals surface area contributed by atoms with Gasteiger partial charge >= 0.3 is 0 Å². The first-order valence-corrected chi connectivity index (χ1v) is 7.13. The van der Waals surface area contributed by atoms with Crippen molar-refractivity contribution in [2.45, 2.75) is 25.9 Å². The summed E-state index contributed by atoms with van der Waals surface area (Å²) in [5.41, 5.74) is 4.24. The monoisotopic (exact) mass is 257 g/mol. The van der Waals surface area contributed by atoms with Crippen molar-refractivity contribution >= 4 is 10.9 Å². The van der Waals surface area contributed by atoms with E-state index in [0.29, 0.717) is 6.04 Å². The molecule has 0 bridgehead atoms. The standard InChI is InChI=1S/C16H23N3/c1-12-14-6-4-5-7-15(14)18(3)16(12)11-19-9-8-13(10-19)17-2/h4-7,13,17H,8-11H2,1-3H3. The van der Waals surface area contributed by atoms with Crippen molar-refractivity contribution in [3.8, 4) is 0 Å². The number of nitrogens with one attached hydrogen (secondary N) is 1. The maximum atomic E-state index is 3.39. The second kappa shape index (κ2) is 4.99. The van der Waals surface area contributed by atoms with Crippen molar-refractivity contribution in [3.05, 3.63) is 35.5 Å². The predicted molar refractivity (Wildman–Crippen MR) is 80.4 cm³/mol. The molecule has 1 saturated heterocycles. The molecular formula is C16H23N3. The Morgan fingerprint density at radius 2 is 2.11 bits per heavy atom. The van der Waals surface area contributed by atoms with Gasteiger partial charge in [-0.15, -0.1) is 0 Å². The summed E-state index contributed by atoms with van der Waals surface area (Å²) in [4.78, 5) is 2.56. The first-order chi connectivity index (χ1) is 9.20. The molecule has 1 aromatic carbocycles. The van der Waals surface area contributed by atoms with Gasteiger partial charge in [0, 0.05) is 49.3 Å². The van der Waals surface area contributed by atoms with Gasteiger partial charge in [-0.1, -0.05) is 18.2 Å². The maximum absolute atomic E-state index is 3.39. The molecule has 0 saturated carbocycles. The minimum Gasteiger partial charge on any atom is -0.346 e. The van der Waals surface area contributed by atoms with E-state index in [2.05, 4.69) is 60.1 Å². The van der Waals surface area contributed by atoms with Crippen molar-refractivity contribution < 1.29 is 0 Å². The Morgan fingerprint density at radius 1 is 1.32 bits per heavy atom. The smallest absolute Gasteiger partial charge is 0.0483 e. The molecule has 0 radical (unpaired) electrons. The molecule has 19 heavy (non-hydrogen) atoms.